The van der Waals surface area contributed by atoms with Gasteiger partial charge in [-0.3, -0.25) is 0 Å². The molecule has 1 aromatic rings. The van der Waals surface area contributed by atoms with Gasteiger partial charge in [-0.15, -0.1) is 0 Å². The predicted octanol–water partition coefficient (Wildman–Crippen LogP) is 2.92. The topological polar surface area (TPSA) is 24.9 Å². The van der Waals surface area contributed by atoms with Crippen LogP contribution in [0.2, 0.25) is 5.15 Å². The molecule has 2 rings (SSSR count). The van der Waals surface area contributed by atoms with Crippen molar-refractivity contribution in [3.8, 4) is 0 Å². The summed E-state index contributed by atoms with van der Waals surface area (Å²) < 4.78 is 0.927. The van der Waals surface area contributed by atoms with Gasteiger partial charge in [0.1, 0.15) is 5.15 Å². The van der Waals surface area contributed by atoms with Crippen molar-refractivity contribution in [2.45, 2.75) is 18.9 Å². The molecule has 4 heteroatoms. The highest BCUT2D eigenvalue weighted by atomic mass is 79.9. The minimum absolute atomic E-state index is 0.440. The molecule has 13 heavy (non-hydrogen) atoms. The number of nitrogens with zero attached hydrogens (tertiary/aromatic N) is 1. The van der Waals surface area contributed by atoms with Gasteiger partial charge in [0.25, 0.3) is 0 Å². The second-order valence-corrected chi connectivity index (χ2v) is 4.30. The zero-order valence-corrected chi connectivity index (χ0v) is 9.40. The minimum Gasteiger partial charge on any atom is -0.310 e. The van der Waals surface area contributed by atoms with E-state index in [1.807, 2.05) is 6.07 Å². The van der Waals surface area contributed by atoms with Crippen LogP contribution in [0.4, 0.5) is 0 Å². The summed E-state index contributed by atoms with van der Waals surface area (Å²) in [7, 11) is 0. The van der Waals surface area contributed by atoms with Gasteiger partial charge in [-0.2, -0.15) is 0 Å². The zero-order valence-electron chi connectivity index (χ0n) is 7.06. The molecule has 0 unspecified atom stereocenters. The molecule has 1 N–H and O–H groups in total. The van der Waals surface area contributed by atoms with Gasteiger partial charge >= 0.3 is 0 Å². The largest absolute Gasteiger partial charge is 0.310 e. The first kappa shape index (κ1) is 9.44. The molecule has 1 saturated heterocycles. The third-order valence-electron chi connectivity index (χ3n) is 2.31. The van der Waals surface area contributed by atoms with Gasteiger partial charge in [0, 0.05) is 12.2 Å². The standard InChI is InChI=1S/C9H10BrClN2/c10-8-6(3-5-13-9(8)11)7-2-1-4-12-7/h3,5,7,12H,1-2,4H2/t7-/m1/s1. The number of halogens is 2. The molecule has 1 aliphatic heterocycles. The number of aromatic nitrogens is 1. The Labute approximate surface area is 90.8 Å². The Bertz CT molecular complexity index is 310. The van der Waals surface area contributed by atoms with E-state index < -0.39 is 0 Å². The van der Waals surface area contributed by atoms with E-state index in [0.717, 1.165) is 11.0 Å². The summed E-state index contributed by atoms with van der Waals surface area (Å²) in [6.45, 7) is 1.09. The third-order valence-corrected chi connectivity index (χ3v) is 3.66. The Balaban J connectivity index is 2.33. The zero-order chi connectivity index (χ0) is 9.26. The highest BCUT2D eigenvalue weighted by Crippen LogP contribution is 2.32. The van der Waals surface area contributed by atoms with E-state index in [4.69, 9.17) is 11.6 Å². The maximum atomic E-state index is 5.91. The number of pyridine rings is 1. The lowest BCUT2D eigenvalue weighted by atomic mass is 10.1. The summed E-state index contributed by atoms with van der Waals surface area (Å²) in [5.41, 5.74) is 1.22. The van der Waals surface area contributed by atoms with Crippen molar-refractivity contribution in [3.05, 3.63) is 27.5 Å². The van der Waals surface area contributed by atoms with Gasteiger partial charge in [0.05, 0.1) is 4.47 Å². The van der Waals surface area contributed by atoms with E-state index >= 15 is 0 Å². The van der Waals surface area contributed by atoms with Gasteiger partial charge in [-0.05, 0) is 46.9 Å². The van der Waals surface area contributed by atoms with E-state index in [0.29, 0.717) is 11.2 Å². The van der Waals surface area contributed by atoms with Crippen LogP contribution in [-0.2, 0) is 0 Å². The van der Waals surface area contributed by atoms with Crippen molar-refractivity contribution in [2.75, 3.05) is 6.54 Å². The monoisotopic (exact) mass is 260 g/mol. The van der Waals surface area contributed by atoms with Crippen LogP contribution >= 0.6 is 27.5 Å². The fraction of sp³-hybridized carbons (Fsp3) is 0.444. The molecule has 0 radical (unpaired) electrons. The predicted molar refractivity (Wildman–Crippen MR) is 56.9 cm³/mol. The summed E-state index contributed by atoms with van der Waals surface area (Å²) in [5, 5.41) is 3.97. The fourth-order valence-electron chi connectivity index (χ4n) is 1.65. The molecule has 2 nitrogen and oxygen atoms in total. The lowest BCUT2D eigenvalue weighted by Gasteiger charge is -2.12. The summed E-state index contributed by atoms with van der Waals surface area (Å²) in [5.74, 6) is 0. The molecule has 1 aromatic heterocycles. The van der Waals surface area contributed by atoms with Crippen molar-refractivity contribution in [1.82, 2.24) is 10.3 Å². The summed E-state index contributed by atoms with van der Waals surface area (Å²) in [6, 6.07) is 2.45. The van der Waals surface area contributed by atoms with Crippen LogP contribution in [-0.4, -0.2) is 11.5 Å². The van der Waals surface area contributed by atoms with Crippen LogP contribution in [0.15, 0.2) is 16.7 Å². The molecule has 0 amide bonds. The third kappa shape index (κ3) is 1.87. The molecule has 2 heterocycles. The highest BCUT2D eigenvalue weighted by Gasteiger charge is 2.19. The minimum atomic E-state index is 0.440. The molecular weight excluding hydrogens is 251 g/mol. The lowest BCUT2D eigenvalue weighted by Crippen LogP contribution is -2.13. The highest BCUT2D eigenvalue weighted by molar-refractivity contribution is 9.10. The van der Waals surface area contributed by atoms with Gasteiger partial charge in [-0.25, -0.2) is 4.98 Å². The van der Waals surface area contributed by atoms with Crippen molar-refractivity contribution < 1.29 is 0 Å². The van der Waals surface area contributed by atoms with Gasteiger partial charge in [0.2, 0.25) is 0 Å². The maximum Gasteiger partial charge on any atom is 0.143 e. The fourth-order valence-corrected chi connectivity index (χ4v) is 2.33. The molecule has 1 fully saturated rings. The van der Waals surface area contributed by atoms with Crippen LogP contribution < -0.4 is 5.32 Å². The first-order valence-electron chi connectivity index (χ1n) is 4.32. The molecule has 1 atom stereocenters. The quantitative estimate of drug-likeness (QED) is 0.786. The Hall–Kier alpha value is -0.120. The molecule has 0 aromatic carbocycles. The van der Waals surface area contributed by atoms with Crippen LogP contribution in [0.5, 0.6) is 0 Å². The molecule has 70 valence electrons. The maximum absolute atomic E-state index is 5.91. The number of hydrogen-bond acceptors (Lipinski definition) is 2. The molecule has 1 aliphatic rings. The van der Waals surface area contributed by atoms with Gasteiger partial charge in [-0.1, -0.05) is 11.6 Å². The smallest absolute Gasteiger partial charge is 0.143 e. The first-order chi connectivity index (χ1) is 6.29. The second kappa shape index (κ2) is 3.95. The Morgan fingerprint density at radius 1 is 1.62 bits per heavy atom. The average Bonchev–Trinajstić information content (AvgIpc) is 2.62. The SMILES string of the molecule is Clc1nccc([C@H]2CCCN2)c1Br. The number of rotatable bonds is 1. The molecule has 0 spiro atoms. The van der Waals surface area contributed by atoms with E-state index in [9.17, 15) is 0 Å². The molecule has 0 bridgehead atoms. The summed E-state index contributed by atoms with van der Waals surface area (Å²) in [6.07, 6.45) is 4.17. The van der Waals surface area contributed by atoms with E-state index in [-0.39, 0.29) is 0 Å². The number of hydrogen-bond donors (Lipinski definition) is 1. The molecular formula is C9H10BrClN2. The van der Waals surface area contributed by atoms with E-state index in [1.165, 1.54) is 18.4 Å². The normalized spacial score (nSPS) is 22.2. The lowest BCUT2D eigenvalue weighted by molar-refractivity contribution is 0.644. The van der Waals surface area contributed by atoms with Gasteiger partial charge in [0.15, 0.2) is 0 Å². The van der Waals surface area contributed by atoms with Crippen LogP contribution in [0.25, 0.3) is 0 Å². The van der Waals surface area contributed by atoms with E-state index in [2.05, 4.69) is 26.2 Å². The van der Waals surface area contributed by atoms with Crippen molar-refractivity contribution >= 4 is 27.5 Å². The van der Waals surface area contributed by atoms with Crippen LogP contribution in [0, 0.1) is 0 Å². The van der Waals surface area contributed by atoms with Crippen molar-refractivity contribution in [2.24, 2.45) is 0 Å². The van der Waals surface area contributed by atoms with Crippen LogP contribution in [0.1, 0.15) is 24.4 Å². The Kier molecular flexibility index (Phi) is 2.86. The molecule has 0 aliphatic carbocycles. The first-order valence-corrected chi connectivity index (χ1v) is 5.49. The Morgan fingerprint density at radius 3 is 3.15 bits per heavy atom. The van der Waals surface area contributed by atoms with Crippen LogP contribution in [0.3, 0.4) is 0 Å². The Morgan fingerprint density at radius 2 is 2.46 bits per heavy atom. The van der Waals surface area contributed by atoms with Crippen molar-refractivity contribution in [3.63, 3.8) is 0 Å². The number of nitrogens with one attached hydrogen (secondary N) is 1. The summed E-state index contributed by atoms with van der Waals surface area (Å²) in [4.78, 5) is 4.00. The molecule has 0 saturated carbocycles. The van der Waals surface area contributed by atoms with Crippen molar-refractivity contribution in [1.29, 1.82) is 0 Å². The average molecular weight is 262 g/mol. The van der Waals surface area contributed by atoms with Gasteiger partial charge < -0.3 is 5.32 Å². The summed E-state index contributed by atoms with van der Waals surface area (Å²) >= 11 is 9.36. The van der Waals surface area contributed by atoms with E-state index in [1.54, 1.807) is 6.20 Å². The second-order valence-electron chi connectivity index (χ2n) is 3.15.